The quantitative estimate of drug-likeness (QED) is 0.408. The largest absolute Gasteiger partial charge is 0.469 e. The number of guanidine groups is 1. The number of nitrogens with zero attached hydrogens (tertiary/aromatic N) is 2. The van der Waals surface area contributed by atoms with E-state index in [1.54, 1.807) is 6.26 Å². The lowest BCUT2D eigenvalue weighted by Gasteiger charge is -2.32. The van der Waals surface area contributed by atoms with Crippen LogP contribution >= 0.6 is 24.0 Å². The molecule has 24 heavy (non-hydrogen) atoms. The van der Waals surface area contributed by atoms with E-state index in [0.29, 0.717) is 5.92 Å². The molecule has 3 rings (SSSR count). The first-order valence-electron chi connectivity index (χ1n) is 8.62. The number of aliphatic hydroxyl groups excluding tert-OH is 1. The Morgan fingerprint density at radius 2 is 2.17 bits per heavy atom. The van der Waals surface area contributed by atoms with Gasteiger partial charge in [0.05, 0.1) is 19.0 Å². The van der Waals surface area contributed by atoms with E-state index < -0.39 is 0 Å². The molecule has 2 aliphatic rings. The highest BCUT2D eigenvalue weighted by atomic mass is 127. The molecule has 0 aromatic carbocycles. The number of halogens is 1. The molecule has 7 heteroatoms. The van der Waals surface area contributed by atoms with E-state index in [4.69, 9.17) is 14.1 Å². The van der Waals surface area contributed by atoms with Gasteiger partial charge in [0, 0.05) is 45.1 Å². The lowest BCUT2D eigenvalue weighted by molar-refractivity contribution is 0.108. The number of aliphatic imine (C=N–C) groups is 1. The number of likely N-dealkylation sites (tertiary alicyclic amines) is 1. The van der Waals surface area contributed by atoms with Crippen molar-refractivity contribution in [3.05, 3.63) is 24.2 Å². The second kappa shape index (κ2) is 10.2. The van der Waals surface area contributed by atoms with Gasteiger partial charge in [0.25, 0.3) is 0 Å². The summed E-state index contributed by atoms with van der Waals surface area (Å²) in [6.45, 7) is 5.00. The molecule has 2 saturated heterocycles. The van der Waals surface area contributed by atoms with Gasteiger partial charge in [-0.15, -0.1) is 24.0 Å². The van der Waals surface area contributed by atoms with Gasteiger partial charge in [0.2, 0.25) is 0 Å². The Bertz CT molecular complexity index is 481. The standard InChI is InChI=1S/C17H27N3O3.HI/c21-15-4-8-20(9-5-15)17(19-12-14-6-11-22-13-14)18-7-3-16-2-1-10-23-16;/h1-2,10,14-15,21H,3-9,11-13H2,(H,18,19);1H. The molecule has 1 atom stereocenters. The normalized spacial score (nSPS) is 22.5. The zero-order valence-electron chi connectivity index (χ0n) is 14.0. The summed E-state index contributed by atoms with van der Waals surface area (Å²) in [4.78, 5) is 7.07. The Labute approximate surface area is 160 Å². The first-order valence-corrected chi connectivity index (χ1v) is 8.62. The number of aliphatic hydroxyl groups is 1. The molecule has 0 bridgehead atoms. The number of furan rings is 1. The van der Waals surface area contributed by atoms with Crippen LogP contribution in [0.4, 0.5) is 0 Å². The zero-order chi connectivity index (χ0) is 15.9. The van der Waals surface area contributed by atoms with Gasteiger partial charge in [-0.1, -0.05) is 0 Å². The van der Waals surface area contributed by atoms with Gasteiger partial charge in [0.15, 0.2) is 5.96 Å². The molecule has 3 heterocycles. The smallest absolute Gasteiger partial charge is 0.193 e. The minimum absolute atomic E-state index is 0. The van der Waals surface area contributed by atoms with Gasteiger partial charge < -0.3 is 24.5 Å². The van der Waals surface area contributed by atoms with Gasteiger partial charge in [0.1, 0.15) is 5.76 Å². The molecule has 136 valence electrons. The molecule has 6 nitrogen and oxygen atoms in total. The molecular formula is C17H28IN3O3. The molecule has 0 spiro atoms. The van der Waals surface area contributed by atoms with E-state index in [1.807, 2.05) is 12.1 Å². The SMILES string of the molecule is I.OC1CCN(C(=NCC2CCOC2)NCCc2ccco2)CC1. The maximum atomic E-state index is 9.70. The Hall–Kier alpha value is -0.800. The van der Waals surface area contributed by atoms with Gasteiger partial charge in [-0.25, -0.2) is 0 Å². The minimum Gasteiger partial charge on any atom is -0.469 e. The van der Waals surface area contributed by atoms with Gasteiger partial charge >= 0.3 is 0 Å². The Morgan fingerprint density at radius 3 is 2.83 bits per heavy atom. The van der Waals surface area contributed by atoms with E-state index in [0.717, 1.165) is 76.8 Å². The van der Waals surface area contributed by atoms with E-state index in [2.05, 4.69) is 10.2 Å². The molecule has 2 fully saturated rings. The van der Waals surface area contributed by atoms with Crippen LogP contribution in [0.3, 0.4) is 0 Å². The fourth-order valence-corrected chi connectivity index (χ4v) is 3.04. The highest BCUT2D eigenvalue weighted by Gasteiger charge is 2.21. The topological polar surface area (TPSA) is 70.2 Å². The highest BCUT2D eigenvalue weighted by molar-refractivity contribution is 14.0. The van der Waals surface area contributed by atoms with Gasteiger partial charge in [-0.3, -0.25) is 4.99 Å². The van der Waals surface area contributed by atoms with Crippen LogP contribution < -0.4 is 5.32 Å². The van der Waals surface area contributed by atoms with Gasteiger partial charge in [-0.05, 0) is 31.4 Å². The van der Waals surface area contributed by atoms with Crippen molar-refractivity contribution in [1.29, 1.82) is 0 Å². The number of hydrogen-bond donors (Lipinski definition) is 2. The van der Waals surface area contributed by atoms with Crippen molar-refractivity contribution in [3.63, 3.8) is 0 Å². The van der Waals surface area contributed by atoms with Crippen LogP contribution in [0.25, 0.3) is 0 Å². The van der Waals surface area contributed by atoms with Crippen LogP contribution in [-0.4, -0.2) is 61.5 Å². The van der Waals surface area contributed by atoms with Crippen molar-refractivity contribution < 1.29 is 14.3 Å². The van der Waals surface area contributed by atoms with E-state index >= 15 is 0 Å². The molecule has 0 aliphatic carbocycles. The zero-order valence-corrected chi connectivity index (χ0v) is 16.4. The maximum absolute atomic E-state index is 9.70. The molecule has 2 N–H and O–H groups in total. The lowest BCUT2D eigenvalue weighted by atomic mass is 10.1. The van der Waals surface area contributed by atoms with Crippen molar-refractivity contribution >= 4 is 29.9 Å². The van der Waals surface area contributed by atoms with Crippen molar-refractivity contribution in [1.82, 2.24) is 10.2 Å². The molecular weight excluding hydrogens is 421 g/mol. The molecule has 0 amide bonds. The van der Waals surface area contributed by atoms with Crippen LogP contribution in [0.5, 0.6) is 0 Å². The van der Waals surface area contributed by atoms with Crippen molar-refractivity contribution in [2.45, 2.75) is 31.8 Å². The summed E-state index contributed by atoms with van der Waals surface area (Å²) in [6.07, 6.45) is 5.10. The van der Waals surface area contributed by atoms with E-state index in [1.165, 1.54) is 0 Å². The number of nitrogens with one attached hydrogen (secondary N) is 1. The van der Waals surface area contributed by atoms with Crippen molar-refractivity contribution in [3.8, 4) is 0 Å². The number of hydrogen-bond acceptors (Lipinski definition) is 4. The molecule has 0 saturated carbocycles. The predicted molar refractivity (Wildman–Crippen MR) is 104 cm³/mol. The summed E-state index contributed by atoms with van der Waals surface area (Å²) in [6, 6.07) is 3.90. The lowest BCUT2D eigenvalue weighted by Crippen LogP contribution is -2.47. The average Bonchev–Trinajstić information content (AvgIpc) is 3.25. The predicted octanol–water partition coefficient (Wildman–Crippen LogP) is 1.88. The molecule has 0 radical (unpaired) electrons. The third-order valence-electron chi connectivity index (χ3n) is 4.52. The summed E-state index contributed by atoms with van der Waals surface area (Å²) >= 11 is 0. The fourth-order valence-electron chi connectivity index (χ4n) is 3.04. The first-order chi connectivity index (χ1) is 11.3. The van der Waals surface area contributed by atoms with Crippen molar-refractivity contribution in [2.24, 2.45) is 10.9 Å². The Morgan fingerprint density at radius 1 is 1.33 bits per heavy atom. The maximum Gasteiger partial charge on any atom is 0.193 e. The Kier molecular flexibility index (Phi) is 8.34. The molecule has 1 aromatic rings. The molecule has 2 aliphatic heterocycles. The third kappa shape index (κ3) is 5.93. The summed E-state index contributed by atoms with van der Waals surface area (Å²) in [7, 11) is 0. The van der Waals surface area contributed by atoms with Gasteiger partial charge in [-0.2, -0.15) is 0 Å². The average molecular weight is 449 g/mol. The van der Waals surface area contributed by atoms with Crippen LogP contribution in [0, 0.1) is 5.92 Å². The Balaban J connectivity index is 0.00000208. The van der Waals surface area contributed by atoms with Crippen molar-refractivity contribution in [2.75, 3.05) is 39.4 Å². The fraction of sp³-hybridized carbons (Fsp3) is 0.706. The molecule has 1 aromatic heterocycles. The van der Waals surface area contributed by atoms with Crippen LogP contribution in [0.15, 0.2) is 27.8 Å². The molecule has 1 unspecified atom stereocenters. The second-order valence-corrected chi connectivity index (χ2v) is 6.37. The monoisotopic (exact) mass is 449 g/mol. The van der Waals surface area contributed by atoms with Crippen LogP contribution in [-0.2, 0) is 11.2 Å². The first kappa shape index (κ1) is 19.5. The summed E-state index contributed by atoms with van der Waals surface area (Å²) < 4.78 is 10.8. The summed E-state index contributed by atoms with van der Waals surface area (Å²) in [5, 5.41) is 13.2. The van der Waals surface area contributed by atoms with E-state index in [-0.39, 0.29) is 30.1 Å². The number of ether oxygens (including phenoxy) is 1. The minimum atomic E-state index is -0.168. The third-order valence-corrected chi connectivity index (χ3v) is 4.52. The van der Waals surface area contributed by atoms with Crippen LogP contribution in [0.1, 0.15) is 25.0 Å². The highest BCUT2D eigenvalue weighted by Crippen LogP contribution is 2.14. The van der Waals surface area contributed by atoms with Crippen LogP contribution in [0.2, 0.25) is 0 Å². The number of rotatable bonds is 5. The second-order valence-electron chi connectivity index (χ2n) is 6.37. The number of piperidine rings is 1. The summed E-state index contributed by atoms with van der Waals surface area (Å²) in [5.41, 5.74) is 0. The summed E-state index contributed by atoms with van der Waals surface area (Å²) in [5.74, 6) is 2.47. The van der Waals surface area contributed by atoms with E-state index in [9.17, 15) is 5.11 Å².